The largest absolute Gasteiger partial charge is 0.308 e. The lowest BCUT2D eigenvalue weighted by molar-refractivity contribution is 0.568. The van der Waals surface area contributed by atoms with Crippen molar-refractivity contribution in [3.63, 3.8) is 0 Å². The molecule has 0 radical (unpaired) electrons. The van der Waals surface area contributed by atoms with Crippen LogP contribution >= 0.6 is 34.8 Å². The summed E-state index contributed by atoms with van der Waals surface area (Å²) in [6.07, 6.45) is 0. The van der Waals surface area contributed by atoms with Crippen LogP contribution in [0.25, 0.3) is 0 Å². The Balaban J connectivity index is 2.07. The van der Waals surface area contributed by atoms with Crippen LogP contribution in [-0.2, 0) is 13.1 Å². The van der Waals surface area contributed by atoms with Gasteiger partial charge < -0.3 is 5.32 Å². The van der Waals surface area contributed by atoms with Crippen molar-refractivity contribution in [3.05, 3.63) is 68.2 Å². The van der Waals surface area contributed by atoms with Gasteiger partial charge in [-0.25, -0.2) is 8.78 Å². The summed E-state index contributed by atoms with van der Waals surface area (Å²) < 4.78 is 26.5. The van der Waals surface area contributed by atoms with Gasteiger partial charge in [0, 0.05) is 29.2 Å². The molecule has 0 aliphatic heterocycles. The van der Waals surface area contributed by atoms with Crippen LogP contribution in [0.15, 0.2) is 30.3 Å². The molecule has 1 nitrogen and oxygen atoms in total. The lowest BCUT2D eigenvalue weighted by Gasteiger charge is -2.10. The van der Waals surface area contributed by atoms with Crippen molar-refractivity contribution in [2.45, 2.75) is 13.1 Å². The highest BCUT2D eigenvalue weighted by molar-refractivity contribution is 6.44. The van der Waals surface area contributed by atoms with Crippen molar-refractivity contribution < 1.29 is 8.78 Å². The van der Waals surface area contributed by atoms with Crippen molar-refractivity contribution in [1.82, 2.24) is 5.32 Å². The molecule has 0 aromatic heterocycles. The third-order valence-electron chi connectivity index (χ3n) is 2.76. The Labute approximate surface area is 130 Å². The molecule has 0 fully saturated rings. The lowest BCUT2D eigenvalue weighted by Crippen LogP contribution is -2.14. The van der Waals surface area contributed by atoms with Gasteiger partial charge >= 0.3 is 0 Å². The van der Waals surface area contributed by atoms with Crippen molar-refractivity contribution in [1.29, 1.82) is 0 Å². The zero-order valence-electron chi connectivity index (χ0n) is 10.2. The first-order valence-corrected chi connectivity index (χ1v) is 6.89. The van der Waals surface area contributed by atoms with Gasteiger partial charge in [-0.05, 0) is 30.3 Å². The van der Waals surface area contributed by atoms with Crippen molar-refractivity contribution in [2.24, 2.45) is 0 Å². The number of halogens is 5. The maximum atomic E-state index is 13.4. The Morgan fingerprint density at radius 1 is 0.900 bits per heavy atom. The summed E-state index contributed by atoms with van der Waals surface area (Å²) in [4.78, 5) is 0. The maximum Gasteiger partial charge on any atom is 0.127 e. The van der Waals surface area contributed by atoms with E-state index in [2.05, 4.69) is 5.32 Å². The second kappa shape index (κ2) is 6.72. The molecule has 2 aromatic rings. The topological polar surface area (TPSA) is 12.0 Å². The predicted molar refractivity (Wildman–Crippen MR) is 78.4 cm³/mol. The molecule has 6 heteroatoms. The molecule has 0 unspecified atom stereocenters. The van der Waals surface area contributed by atoms with Gasteiger partial charge in [0.05, 0.1) is 10.0 Å². The molecule has 2 aromatic carbocycles. The van der Waals surface area contributed by atoms with E-state index in [0.29, 0.717) is 27.2 Å². The van der Waals surface area contributed by atoms with E-state index in [0.717, 1.165) is 18.2 Å². The monoisotopic (exact) mass is 335 g/mol. The highest BCUT2D eigenvalue weighted by atomic mass is 35.5. The second-order valence-electron chi connectivity index (χ2n) is 4.16. The van der Waals surface area contributed by atoms with E-state index in [9.17, 15) is 8.78 Å². The van der Waals surface area contributed by atoms with Crippen LogP contribution in [0.2, 0.25) is 15.1 Å². The highest BCUT2D eigenvalue weighted by Crippen LogP contribution is 2.31. The quantitative estimate of drug-likeness (QED) is 0.755. The van der Waals surface area contributed by atoms with Gasteiger partial charge in [0.1, 0.15) is 11.6 Å². The molecule has 20 heavy (non-hydrogen) atoms. The highest BCUT2D eigenvalue weighted by Gasteiger charge is 2.10. The first-order valence-electron chi connectivity index (χ1n) is 5.76. The van der Waals surface area contributed by atoms with E-state index in [1.165, 1.54) is 0 Å². The Kier molecular flexibility index (Phi) is 5.22. The van der Waals surface area contributed by atoms with Gasteiger partial charge in [0.15, 0.2) is 0 Å². The summed E-state index contributed by atoms with van der Waals surface area (Å²) in [6, 6.07) is 6.54. The Bertz CT molecular complexity index is 632. The van der Waals surface area contributed by atoms with Crippen LogP contribution in [0.5, 0.6) is 0 Å². The molecule has 1 N–H and O–H groups in total. The first kappa shape index (κ1) is 15.5. The number of rotatable bonds is 4. The van der Waals surface area contributed by atoms with Crippen molar-refractivity contribution in [3.8, 4) is 0 Å². The molecular formula is C14H10Cl3F2N. The fraction of sp³-hybridized carbons (Fsp3) is 0.143. The van der Waals surface area contributed by atoms with E-state index in [1.54, 1.807) is 12.1 Å². The summed E-state index contributed by atoms with van der Waals surface area (Å²) in [5.74, 6) is -0.954. The van der Waals surface area contributed by atoms with E-state index < -0.39 is 11.6 Å². The summed E-state index contributed by atoms with van der Waals surface area (Å²) in [6.45, 7) is 0.455. The normalized spacial score (nSPS) is 10.8. The van der Waals surface area contributed by atoms with Gasteiger partial charge in [-0.15, -0.1) is 0 Å². The molecule has 0 aliphatic rings. The van der Waals surface area contributed by atoms with Gasteiger partial charge in [-0.3, -0.25) is 0 Å². The Morgan fingerprint density at radius 3 is 2.35 bits per heavy atom. The molecule has 0 saturated carbocycles. The smallest absolute Gasteiger partial charge is 0.127 e. The predicted octanol–water partition coefficient (Wildman–Crippen LogP) is 5.21. The molecule has 0 bridgehead atoms. The van der Waals surface area contributed by atoms with Crippen LogP contribution < -0.4 is 5.32 Å². The fourth-order valence-corrected chi connectivity index (χ4v) is 2.41. The SMILES string of the molecule is Fc1ccc(F)c(CNCc2c(Cl)ccc(Cl)c2Cl)c1. The van der Waals surface area contributed by atoms with Crippen LogP contribution in [0.1, 0.15) is 11.1 Å². The number of hydrogen-bond acceptors (Lipinski definition) is 1. The van der Waals surface area contributed by atoms with Gasteiger partial charge in [0.2, 0.25) is 0 Å². The molecular weight excluding hydrogens is 327 g/mol. The fourth-order valence-electron chi connectivity index (χ4n) is 1.73. The minimum absolute atomic E-state index is 0.156. The summed E-state index contributed by atoms with van der Waals surface area (Å²) in [7, 11) is 0. The van der Waals surface area contributed by atoms with E-state index in [4.69, 9.17) is 34.8 Å². The molecule has 0 atom stereocenters. The minimum atomic E-state index is -0.484. The van der Waals surface area contributed by atoms with E-state index in [1.807, 2.05) is 0 Å². The summed E-state index contributed by atoms with van der Waals surface area (Å²) >= 11 is 18.0. The lowest BCUT2D eigenvalue weighted by atomic mass is 10.2. The number of nitrogens with one attached hydrogen (secondary N) is 1. The van der Waals surface area contributed by atoms with E-state index in [-0.39, 0.29) is 12.1 Å². The van der Waals surface area contributed by atoms with Gasteiger partial charge in [-0.1, -0.05) is 34.8 Å². The van der Waals surface area contributed by atoms with E-state index >= 15 is 0 Å². The molecule has 0 aliphatic carbocycles. The summed E-state index contributed by atoms with van der Waals surface area (Å²) in [5, 5.41) is 4.17. The van der Waals surface area contributed by atoms with Gasteiger partial charge in [0.25, 0.3) is 0 Å². The standard InChI is InChI=1S/C14H10Cl3F2N/c15-11-2-3-12(16)14(17)10(11)7-20-6-8-5-9(18)1-4-13(8)19/h1-5,20H,6-7H2. The van der Waals surface area contributed by atoms with Crippen LogP contribution in [0.3, 0.4) is 0 Å². The van der Waals surface area contributed by atoms with Crippen LogP contribution in [-0.4, -0.2) is 0 Å². The molecule has 0 heterocycles. The maximum absolute atomic E-state index is 13.4. The zero-order chi connectivity index (χ0) is 14.7. The van der Waals surface area contributed by atoms with Crippen LogP contribution in [0.4, 0.5) is 8.78 Å². The van der Waals surface area contributed by atoms with Crippen molar-refractivity contribution in [2.75, 3.05) is 0 Å². The first-order chi connectivity index (χ1) is 9.49. The second-order valence-corrected chi connectivity index (χ2v) is 5.35. The summed E-state index contributed by atoms with van der Waals surface area (Å²) in [5.41, 5.74) is 0.858. The number of benzene rings is 2. The third-order valence-corrected chi connectivity index (χ3v) is 3.96. The molecule has 0 amide bonds. The zero-order valence-corrected chi connectivity index (χ0v) is 12.5. The Hall–Kier alpha value is -0.870. The number of hydrogen-bond donors (Lipinski definition) is 1. The van der Waals surface area contributed by atoms with Gasteiger partial charge in [-0.2, -0.15) is 0 Å². The molecule has 0 spiro atoms. The Morgan fingerprint density at radius 2 is 1.60 bits per heavy atom. The third kappa shape index (κ3) is 3.61. The molecule has 0 saturated heterocycles. The van der Waals surface area contributed by atoms with Crippen LogP contribution in [0, 0.1) is 11.6 Å². The van der Waals surface area contributed by atoms with Crippen molar-refractivity contribution >= 4 is 34.8 Å². The molecule has 2 rings (SSSR count). The minimum Gasteiger partial charge on any atom is -0.308 e. The average molecular weight is 337 g/mol. The average Bonchev–Trinajstić information content (AvgIpc) is 2.42. The molecule has 106 valence electrons.